The molecule has 0 spiro atoms. The molecule has 0 saturated heterocycles. The molecule has 181 valence electrons. The molecule has 0 saturated carbocycles. The van der Waals surface area contributed by atoms with Gasteiger partial charge in [-0.25, -0.2) is 0 Å². The predicted molar refractivity (Wildman–Crippen MR) is 143 cm³/mol. The van der Waals surface area contributed by atoms with E-state index in [1.165, 1.54) is 0 Å². The second kappa shape index (κ2) is 5.18. The van der Waals surface area contributed by atoms with Crippen molar-refractivity contribution >= 4 is 12.3 Å². The average molecular weight is 503 g/mol. The predicted octanol–water partition coefficient (Wildman–Crippen LogP) is 8.42. The van der Waals surface area contributed by atoms with Gasteiger partial charge in [-0.2, -0.15) is 0 Å². The minimum atomic E-state index is -7.99. The van der Waals surface area contributed by atoms with Crippen LogP contribution in [0.5, 0.6) is 0 Å². The molecule has 3 aromatic carbocycles. The molecule has 0 aliphatic heterocycles. The standard InChI is InChI=1S/3C7H5O.C5H5.5CH3.Ti/c3*8-6-7-4-2-1-3-5-7;1-2-4-5-3-1;;;;;;/h3*1-5H;1-3H,4H2;5*1H3;. The van der Waals surface area contributed by atoms with Crippen LogP contribution in [-0.4, -0.2) is 12.3 Å². The van der Waals surface area contributed by atoms with Crippen molar-refractivity contribution in [2.24, 2.45) is 0 Å². The summed E-state index contributed by atoms with van der Waals surface area (Å²) in [5.41, 5.74) is 1.03. The van der Waals surface area contributed by atoms with E-state index in [0.717, 1.165) is 0 Å². The van der Waals surface area contributed by atoms with Gasteiger partial charge in [0.2, 0.25) is 0 Å². The van der Waals surface area contributed by atoms with Gasteiger partial charge in [0.15, 0.2) is 0 Å². The first-order chi connectivity index (χ1) is 15.9. The van der Waals surface area contributed by atoms with Gasteiger partial charge in [0.1, 0.15) is 0 Å². The molecule has 0 bridgehead atoms. The second-order valence-electron chi connectivity index (χ2n) is 17.2. The Morgan fingerprint density at radius 2 is 0.857 bits per heavy atom. The van der Waals surface area contributed by atoms with Crippen molar-refractivity contribution in [3.8, 4) is 0 Å². The van der Waals surface area contributed by atoms with Crippen molar-refractivity contribution in [3.05, 3.63) is 130 Å². The van der Waals surface area contributed by atoms with Gasteiger partial charge >= 0.3 is 199 Å². The van der Waals surface area contributed by atoms with E-state index >= 15 is 14.4 Å². The molecule has 0 aromatic heterocycles. The van der Waals surface area contributed by atoms with Crippen molar-refractivity contribution in [1.29, 1.82) is 0 Å². The fourth-order valence-electron chi connectivity index (χ4n) is 6.98. The number of hydrogen-bond donors (Lipinski definition) is 0. The van der Waals surface area contributed by atoms with Gasteiger partial charge in [-0.05, 0) is 0 Å². The summed E-state index contributed by atoms with van der Waals surface area (Å²) in [5, 5.41) is 8.74. The molecule has 1 aliphatic carbocycles. The van der Waals surface area contributed by atoms with Crippen LogP contribution in [0.4, 0.5) is 0 Å². The molecule has 4 rings (SSSR count). The molecule has 3 aromatic rings. The van der Waals surface area contributed by atoms with Crippen molar-refractivity contribution in [3.63, 3.8) is 0 Å². The zero-order valence-corrected chi connectivity index (χ0v) is 22.9. The van der Waals surface area contributed by atoms with E-state index in [1.54, 1.807) is 98.9 Å². The van der Waals surface area contributed by atoms with Crippen LogP contribution >= 0.6 is 0 Å². The summed E-state index contributed by atoms with van der Waals surface area (Å²) in [7, 11) is -7.99. The van der Waals surface area contributed by atoms with Crippen LogP contribution in [0.3, 0.4) is 0 Å². The Balaban J connectivity index is 2.44. The SMILES string of the molecule is [CH3][Ti]([CH3])([CH3])([CH3])([CH3])([C](=O)c1ccccc1)([C](=O)c1ccccc1)([C](=O)c1ccccc1)[C]1=CC=CC1. The van der Waals surface area contributed by atoms with Gasteiger partial charge in [0, 0.05) is 0 Å². The summed E-state index contributed by atoms with van der Waals surface area (Å²) in [5.74, 6) is 0. The Morgan fingerprint density at radius 1 is 0.543 bits per heavy atom. The number of rotatable bonds is 7. The van der Waals surface area contributed by atoms with Gasteiger partial charge < -0.3 is 0 Å². The summed E-state index contributed by atoms with van der Waals surface area (Å²) in [6.07, 6.45) is 5.95. The van der Waals surface area contributed by atoms with Crippen LogP contribution in [0, 0.1) is 0 Å². The molecular weight excluding hydrogens is 468 g/mol. The molecule has 0 atom stereocenters. The van der Waals surface area contributed by atoms with Gasteiger partial charge in [0.25, 0.3) is 0 Å². The first kappa shape index (κ1) is 25.0. The van der Waals surface area contributed by atoms with E-state index in [2.05, 4.69) is 0 Å². The normalized spacial score (nSPS) is 19.5. The molecule has 35 heavy (non-hydrogen) atoms. The number of carbonyl (C=O) groups excluding carboxylic acids is 3. The van der Waals surface area contributed by atoms with Crippen molar-refractivity contribution < 1.29 is 24.6 Å². The van der Waals surface area contributed by atoms with E-state index in [0.29, 0.717) is 27.0 Å². The van der Waals surface area contributed by atoms with E-state index in [-0.39, 0.29) is 0 Å². The van der Waals surface area contributed by atoms with Crippen molar-refractivity contribution in [1.82, 2.24) is 0 Å². The number of allylic oxidation sites excluding steroid dienone is 4. The van der Waals surface area contributed by atoms with Gasteiger partial charge in [-0.3, -0.25) is 0 Å². The fraction of sp³-hybridized carbons (Fsp3) is 0.194. The van der Waals surface area contributed by atoms with Gasteiger partial charge in [-0.15, -0.1) is 0 Å². The summed E-state index contributed by atoms with van der Waals surface area (Å²) in [4.78, 5) is 46.9. The maximum atomic E-state index is 15.6. The Morgan fingerprint density at radius 3 is 1.11 bits per heavy atom. The van der Waals surface area contributed by atoms with Crippen LogP contribution in [-0.2, 0) is 10.2 Å². The molecule has 1 aliphatic rings. The minimum absolute atomic E-state index is 0.329. The molecule has 3 nitrogen and oxygen atoms in total. The van der Waals surface area contributed by atoms with E-state index < -0.39 is 22.4 Å². The molecule has 0 amide bonds. The fourth-order valence-corrected chi connectivity index (χ4v) is 23.0. The van der Waals surface area contributed by atoms with E-state index in [1.807, 2.05) is 36.4 Å². The Kier molecular flexibility index (Phi) is 3.70. The quantitative estimate of drug-likeness (QED) is 0.304. The first-order valence-electron chi connectivity index (χ1n) is 12.3. The van der Waals surface area contributed by atoms with E-state index in [4.69, 9.17) is 0 Å². The molecular formula is C31H35O3Ti. The number of benzene rings is 3. The molecule has 0 fully saturated rings. The third-order valence-corrected chi connectivity index (χ3v) is 32.7. The van der Waals surface area contributed by atoms with E-state index in [9.17, 15) is 0 Å². The topological polar surface area (TPSA) is 51.2 Å². The van der Waals surface area contributed by atoms with Gasteiger partial charge in [0.05, 0.1) is 0 Å². The van der Waals surface area contributed by atoms with Crippen molar-refractivity contribution in [2.75, 3.05) is 0 Å². The second-order valence-corrected chi connectivity index (χ2v) is 53.9. The molecule has 4 heteroatoms. The zero-order chi connectivity index (χ0) is 25.8. The van der Waals surface area contributed by atoms with Crippen molar-refractivity contribution in [2.45, 2.75) is 32.6 Å². The first-order valence-corrected chi connectivity index (χ1v) is 23.2. The zero-order valence-electron chi connectivity index (χ0n) is 21.3. The Bertz CT molecular complexity index is 1410. The molecule has 0 unspecified atom stereocenters. The summed E-state index contributed by atoms with van der Waals surface area (Å²) >= 11 is 0. The summed E-state index contributed by atoms with van der Waals surface area (Å²) in [6, 6.07) is 26.4. The molecule has 0 radical (unpaired) electrons. The third kappa shape index (κ3) is 2.38. The van der Waals surface area contributed by atoms with Crippen LogP contribution in [0.2, 0.25) is 26.1 Å². The van der Waals surface area contributed by atoms with Crippen LogP contribution in [0.15, 0.2) is 113 Å². The number of hydrogen-bond acceptors (Lipinski definition) is 3. The summed E-state index contributed by atoms with van der Waals surface area (Å²) < 4.78 is -0.712. The molecule has 0 heterocycles. The van der Waals surface area contributed by atoms with Crippen LogP contribution in [0.1, 0.15) is 37.5 Å². The maximum absolute atomic E-state index is 15.6. The third-order valence-electron chi connectivity index (χ3n) is 10.4. The average Bonchev–Trinajstić information content (AvgIpc) is 3.42. The summed E-state index contributed by atoms with van der Waals surface area (Å²) in [6.45, 7) is 0. The van der Waals surface area contributed by atoms with Gasteiger partial charge in [-0.1, -0.05) is 0 Å². The van der Waals surface area contributed by atoms with Crippen LogP contribution in [0.25, 0.3) is 0 Å². The Labute approximate surface area is 198 Å². The monoisotopic (exact) mass is 503 g/mol. The van der Waals surface area contributed by atoms with Crippen LogP contribution < -0.4 is 0 Å². The number of carbonyl (C=O) groups is 3. The Hall–Kier alpha value is -3.14. The molecule has 0 N–H and O–H groups in total.